The van der Waals surface area contributed by atoms with E-state index < -0.39 is 17.8 Å². The van der Waals surface area contributed by atoms with E-state index >= 15 is 0 Å². The minimum absolute atomic E-state index is 0.0586. The van der Waals surface area contributed by atoms with E-state index in [-0.39, 0.29) is 28.1 Å². The Bertz CT molecular complexity index is 554. The zero-order chi connectivity index (χ0) is 15.3. The molecule has 0 saturated heterocycles. The molecule has 1 heterocycles. The molecule has 0 aromatic carbocycles. The molecular weight excluding hydrogens is 328 g/mol. The second-order valence-corrected chi connectivity index (χ2v) is 5.79. The Labute approximate surface area is 124 Å². The van der Waals surface area contributed by atoms with Gasteiger partial charge in [0.25, 0.3) is 11.5 Å². The fourth-order valence-corrected chi connectivity index (χ4v) is 2.11. The van der Waals surface area contributed by atoms with E-state index in [0.29, 0.717) is 6.42 Å². The van der Waals surface area contributed by atoms with Crippen molar-refractivity contribution in [3.05, 3.63) is 32.7 Å². The zero-order valence-corrected chi connectivity index (χ0v) is 12.9. The number of carboxylic acids is 1. The van der Waals surface area contributed by atoms with Gasteiger partial charge in [-0.15, -0.1) is 0 Å². The summed E-state index contributed by atoms with van der Waals surface area (Å²) in [6.45, 7) is 3.91. The molecule has 1 unspecified atom stereocenters. The lowest BCUT2D eigenvalue weighted by molar-refractivity contribution is -0.142. The van der Waals surface area contributed by atoms with Crippen LogP contribution in [-0.2, 0) is 4.79 Å². The van der Waals surface area contributed by atoms with E-state index in [1.807, 2.05) is 13.8 Å². The summed E-state index contributed by atoms with van der Waals surface area (Å²) in [6.07, 6.45) is 1.78. The van der Waals surface area contributed by atoms with E-state index in [1.54, 1.807) is 0 Å². The molecule has 0 spiro atoms. The van der Waals surface area contributed by atoms with Gasteiger partial charge in [-0.05, 0) is 34.3 Å². The number of carboxylic acid groups (broad SMARTS) is 1. The molecule has 1 aromatic rings. The Hall–Kier alpha value is -1.63. The first-order valence-electron chi connectivity index (χ1n) is 6.20. The average molecular weight is 345 g/mol. The molecule has 0 saturated carbocycles. The largest absolute Gasteiger partial charge is 0.481 e. The fourth-order valence-electron chi connectivity index (χ4n) is 1.75. The molecule has 0 aliphatic rings. The van der Waals surface area contributed by atoms with Gasteiger partial charge in [0.05, 0.1) is 16.0 Å². The number of rotatable bonds is 6. The smallest absolute Gasteiger partial charge is 0.308 e. The third-order valence-corrected chi connectivity index (χ3v) is 3.32. The minimum Gasteiger partial charge on any atom is -0.481 e. The summed E-state index contributed by atoms with van der Waals surface area (Å²) in [4.78, 5) is 36.5. The number of nitrogens with one attached hydrogen (secondary N) is 2. The van der Waals surface area contributed by atoms with Crippen LogP contribution in [0.4, 0.5) is 0 Å². The Morgan fingerprint density at radius 2 is 2.10 bits per heavy atom. The van der Waals surface area contributed by atoms with Gasteiger partial charge in [0, 0.05) is 12.7 Å². The number of hydrogen-bond donors (Lipinski definition) is 3. The molecule has 1 aromatic heterocycles. The third-order valence-electron chi connectivity index (χ3n) is 2.73. The lowest BCUT2D eigenvalue weighted by Gasteiger charge is -2.15. The Balaban J connectivity index is 2.67. The summed E-state index contributed by atoms with van der Waals surface area (Å²) >= 11 is 3.03. The minimum atomic E-state index is -0.929. The van der Waals surface area contributed by atoms with Gasteiger partial charge in [0.1, 0.15) is 0 Å². The lowest BCUT2D eigenvalue weighted by atomic mass is 9.97. The van der Waals surface area contributed by atoms with Gasteiger partial charge in [0.2, 0.25) is 0 Å². The van der Waals surface area contributed by atoms with Crippen LogP contribution in [0.5, 0.6) is 0 Å². The number of hydrogen-bond acceptors (Lipinski definition) is 3. The first-order valence-corrected chi connectivity index (χ1v) is 6.99. The molecule has 20 heavy (non-hydrogen) atoms. The van der Waals surface area contributed by atoms with Gasteiger partial charge in [0.15, 0.2) is 0 Å². The molecule has 0 bridgehead atoms. The lowest BCUT2D eigenvalue weighted by Crippen LogP contribution is -2.34. The molecule has 1 rings (SSSR count). The average Bonchev–Trinajstić information content (AvgIpc) is 2.36. The van der Waals surface area contributed by atoms with Crippen LogP contribution in [0.25, 0.3) is 0 Å². The van der Waals surface area contributed by atoms with Crippen LogP contribution in [0.15, 0.2) is 21.5 Å². The van der Waals surface area contributed by atoms with Gasteiger partial charge in [-0.1, -0.05) is 13.8 Å². The SMILES string of the molecule is CC(C)CC(CNC(=O)c1c[nH]c(=O)c(Br)c1)C(=O)O. The maximum atomic E-state index is 11.9. The van der Waals surface area contributed by atoms with Crippen molar-refractivity contribution in [3.8, 4) is 0 Å². The Morgan fingerprint density at radius 3 is 2.60 bits per heavy atom. The van der Waals surface area contributed by atoms with Gasteiger partial charge in [-0.2, -0.15) is 0 Å². The molecular formula is C13H17BrN2O4. The Kier molecular flexibility index (Phi) is 5.94. The van der Waals surface area contributed by atoms with E-state index in [0.717, 1.165) is 0 Å². The van der Waals surface area contributed by atoms with Crippen LogP contribution in [0.1, 0.15) is 30.6 Å². The highest BCUT2D eigenvalue weighted by Crippen LogP contribution is 2.11. The van der Waals surface area contributed by atoms with Crippen molar-refractivity contribution in [1.29, 1.82) is 0 Å². The first kappa shape index (κ1) is 16.4. The number of carbonyl (C=O) groups is 2. The normalized spacial score (nSPS) is 12.2. The highest BCUT2D eigenvalue weighted by Gasteiger charge is 2.20. The number of aliphatic carboxylic acids is 1. The van der Waals surface area contributed by atoms with Crippen LogP contribution in [0, 0.1) is 11.8 Å². The summed E-state index contributed by atoms with van der Waals surface area (Å²) in [5.74, 6) is -1.74. The number of H-pyrrole nitrogens is 1. The standard InChI is InChI=1S/C13H17BrN2O4/c1-7(2)3-9(13(19)20)6-15-11(17)8-4-10(14)12(18)16-5-8/h4-5,7,9H,3,6H2,1-2H3,(H,15,17)(H,16,18)(H,19,20). The summed E-state index contributed by atoms with van der Waals surface area (Å²) in [5.41, 5.74) is -0.0602. The van der Waals surface area contributed by atoms with E-state index in [9.17, 15) is 14.4 Å². The molecule has 110 valence electrons. The monoisotopic (exact) mass is 344 g/mol. The molecule has 0 aliphatic heterocycles. The highest BCUT2D eigenvalue weighted by molar-refractivity contribution is 9.10. The summed E-state index contributed by atoms with van der Waals surface area (Å²) in [6, 6.07) is 1.40. The van der Waals surface area contributed by atoms with Crippen molar-refractivity contribution in [2.75, 3.05) is 6.54 Å². The van der Waals surface area contributed by atoms with Crippen LogP contribution in [0.2, 0.25) is 0 Å². The van der Waals surface area contributed by atoms with Crippen molar-refractivity contribution in [3.63, 3.8) is 0 Å². The van der Waals surface area contributed by atoms with Gasteiger partial charge >= 0.3 is 5.97 Å². The molecule has 7 heteroatoms. The molecule has 0 radical (unpaired) electrons. The number of pyridine rings is 1. The quantitative estimate of drug-likeness (QED) is 0.729. The van der Waals surface area contributed by atoms with Crippen molar-refractivity contribution in [1.82, 2.24) is 10.3 Å². The van der Waals surface area contributed by atoms with Gasteiger partial charge < -0.3 is 15.4 Å². The van der Waals surface area contributed by atoms with Crippen molar-refractivity contribution < 1.29 is 14.7 Å². The van der Waals surface area contributed by atoms with E-state index in [1.165, 1.54) is 12.3 Å². The molecule has 1 amide bonds. The molecule has 0 fully saturated rings. The van der Waals surface area contributed by atoms with Crippen LogP contribution in [-0.4, -0.2) is 28.5 Å². The summed E-state index contributed by atoms with van der Waals surface area (Å²) < 4.78 is 0.252. The van der Waals surface area contributed by atoms with Crippen molar-refractivity contribution in [2.45, 2.75) is 20.3 Å². The number of aromatic amines is 1. The van der Waals surface area contributed by atoms with Gasteiger partial charge in [-0.25, -0.2) is 0 Å². The summed E-state index contributed by atoms with van der Waals surface area (Å²) in [5, 5.41) is 11.6. The third kappa shape index (κ3) is 4.80. The van der Waals surface area contributed by atoms with Crippen molar-refractivity contribution >= 4 is 27.8 Å². The van der Waals surface area contributed by atoms with Gasteiger partial charge in [-0.3, -0.25) is 14.4 Å². The van der Waals surface area contributed by atoms with E-state index in [4.69, 9.17) is 5.11 Å². The number of aromatic nitrogens is 1. The maximum absolute atomic E-state index is 11.9. The number of amides is 1. The van der Waals surface area contributed by atoms with Crippen molar-refractivity contribution in [2.24, 2.45) is 11.8 Å². The first-order chi connectivity index (χ1) is 9.31. The zero-order valence-electron chi connectivity index (χ0n) is 11.3. The topological polar surface area (TPSA) is 99.3 Å². The second-order valence-electron chi connectivity index (χ2n) is 4.94. The highest BCUT2D eigenvalue weighted by atomic mass is 79.9. The molecule has 0 aliphatic carbocycles. The number of halogens is 1. The van der Waals surface area contributed by atoms with E-state index in [2.05, 4.69) is 26.2 Å². The second kappa shape index (κ2) is 7.23. The van der Waals surface area contributed by atoms with Crippen LogP contribution < -0.4 is 10.9 Å². The predicted molar refractivity (Wildman–Crippen MR) is 77.7 cm³/mol. The van der Waals surface area contributed by atoms with Crippen LogP contribution >= 0.6 is 15.9 Å². The molecule has 6 nitrogen and oxygen atoms in total. The molecule has 1 atom stereocenters. The summed E-state index contributed by atoms with van der Waals surface area (Å²) in [7, 11) is 0. The number of carbonyl (C=O) groups excluding carboxylic acids is 1. The molecule has 3 N–H and O–H groups in total. The Morgan fingerprint density at radius 1 is 1.45 bits per heavy atom. The fraction of sp³-hybridized carbons (Fsp3) is 0.462. The predicted octanol–water partition coefficient (Wildman–Crippen LogP) is 1.61. The maximum Gasteiger partial charge on any atom is 0.308 e. The van der Waals surface area contributed by atoms with Crippen LogP contribution in [0.3, 0.4) is 0 Å².